The van der Waals surface area contributed by atoms with Gasteiger partial charge in [0.15, 0.2) is 5.82 Å². The molecule has 2 aromatic carbocycles. The molecule has 0 aliphatic carbocycles. The van der Waals surface area contributed by atoms with Gasteiger partial charge in [-0.05, 0) is 52.9 Å². The van der Waals surface area contributed by atoms with Crippen molar-refractivity contribution in [3.63, 3.8) is 0 Å². The van der Waals surface area contributed by atoms with Crippen LogP contribution in [0.1, 0.15) is 10.4 Å². The Hall–Kier alpha value is -2.23. The zero-order chi connectivity index (χ0) is 15.6. The average Bonchev–Trinajstić information content (AvgIpc) is 2.42. The maximum Gasteiger partial charge on any atom is 0.342 e. The van der Waals surface area contributed by atoms with E-state index in [-0.39, 0.29) is 5.69 Å². The first kappa shape index (κ1) is 15.2. The minimum absolute atomic E-state index is 0.140. The van der Waals surface area contributed by atoms with Crippen LogP contribution in [0.5, 0.6) is 0 Å². The Morgan fingerprint density at radius 3 is 2.43 bits per heavy atom. The number of aromatic carboxylic acids is 1. The minimum atomic E-state index is -1.49. The predicted molar refractivity (Wildman–Crippen MR) is 82.5 cm³/mol. The highest BCUT2D eigenvalue weighted by Gasteiger charge is 2.23. The fourth-order valence-corrected chi connectivity index (χ4v) is 2.03. The molecule has 0 fully saturated rings. The van der Waals surface area contributed by atoms with Crippen molar-refractivity contribution in [1.82, 2.24) is 0 Å². The van der Waals surface area contributed by atoms with Gasteiger partial charge < -0.3 is 10.4 Å². The number of anilines is 2. The molecule has 0 saturated heterocycles. The van der Waals surface area contributed by atoms with E-state index in [1.165, 1.54) is 0 Å². The number of nitro benzene ring substituents is 1. The molecule has 0 unspecified atom stereocenters. The summed E-state index contributed by atoms with van der Waals surface area (Å²) in [5.74, 6) is -2.39. The van der Waals surface area contributed by atoms with Gasteiger partial charge in [-0.2, -0.15) is 0 Å². The average molecular weight is 402 g/mol. The molecule has 0 amide bonds. The van der Waals surface area contributed by atoms with E-state index in [9.17, 15) is 19.3 Å². The summed E-state index contributed by atoms with van der Waals surface area (Å²) in [6, 6.07) is 8.44. The first-order valence-electron chi connectivity index (χ1n) is 5.62. The molecule has 0 radical (unpaired) electrons. The fourth-order valence-electron chi connectivity index (χ4n) is 1.67. The number of halogens is 2. The van der Waals surface area contributed by atoms with Gasteiger partial charge in [-0.25, -0.2) is 9.18 Å². The first-order valence-corrected chi connectivity index (χ1v) is 6.70. The number of nitrogens with one attached hydrogen (secondary N) is 1. The normalized spacial score (nSPS) is 10.2. The van der Waals surface area contributed by atoms with Crippen LogP contribution in [0.2, 0.25) is 0 Å². The molecule has 2 N–H and O–H groups in total. The molecule has 0 atom stereocenters. The lowest BCUT2D eigenvalue weighted by Crippen LogP contribution is -2.05. The molecule has 108 valence electrons. The summed E-state index contributed by atoms with van der Waals surface area (Å²) in [4.78, 5) is 20.8. The molecule has 0 aliphatic rings. The third-order valence-electron chi connectivity index (χ3n) is 2.64. The molecule has 2 aromatic rings. The number of carbonyl (C=O) groups is 1. The summed E-state index contributed by atoms with van der Waals surface area (Å²) < 4.78 is 14.8. The molecule has 0 spiro atoms. The van der Waals surface area contributed by atoms with Crippen LogP contribution in [0.15, 0.2) is 36.4 Å². The molecule has 8 heteroatoms. The Labute approximate surface area is 131 Å². The van der Waals surface area contributed by atoms with Crippen LogP contribution in [-0.4, -0.2) is 16.0 Å². The topological polar surface area (TPSA) is 92.5 Å². The van der Waals surface area contributed by atoms with E-state index >= 15 is 0 Å². The summed E-state index contributed by atoms with van der Waals surface area (Å²) in [6.07, 6.45) is 0. The summed E-state index contributed by atoms with van der Waals surface area (Å²) in [7, 11) is 0. The third kappa shape index (κ3) is 3.45. The van der Waals surface area contributed by atoms with Crippen molar-refractivity contribution in [3.8, 4) is 0 Å². The van der Waals surface area contributed by atoms with Gasteiger partial charge in [0, 0.05) is 9.26 Å². The number of benzene rings is 2. The highest BCUT2D eigenvalue weighted by molar-refractivity contribution is 14.1. The summed E-state index contributed by atoms with van der Waals surface area (Å²) >= 11 is 2.11. The Kier molecular flexibility index (Phi) is 4.36. The van der Waals surface area contributed by atoms with Crippen LogP contribution in [0.3, 0.4) is 0 Å². The summed E-state index contributed by atoms with van der Waals surface area (Å²) in [5, 5.41) is 22.4. The molecule has 2 rings (SSSR count). The summed E-state index contributed by atoms with van der Waals surface area (Å²) in [6.45, 7) is 0. The second-order valence-corrected chi connectivity index (χ2v) is 5.29. The number of rotatable bonds is 4. The van der Waals surface area contributed by atoms with Gasteiger partial charge in [0.05, 0.1) is 16.7 Å². The molecule has 0 bridgehead atoms. The van der Waals surface area contributed by atoms with Crippen molar-refractivity contribution in [2.45, 2.75) is 0 Å². The molecular weight excluding hydrogens is 394 g/mol. The number of carboxylic acid groups (broad SMARTS) is 1. The maximum atomic E-state index is 13.9. The van der Waals surface area contributed by atoms with Gasteiger partial charge >= 0.3 is 5.97 Å². The number of hydrogen-bond acceptors (Lipinski definition) is 4. The van der Waals surface area contributed by atoms with E-state index < -0.39 is 28.0 Å². The lowest BCUT2D eigenvalue weighted by atomic mass is 10.1. The zero-order valence-corrected chi connectivity index (χ0v) is 12.5. The van der Waals surface area contributed by atoms with E-state index in [2.05, 4.69) is 27.9 Å². The Balaban J connectivity index is 2.44. The number of nitrogens with zero attached hydrogens (tertiary/aromatic N) is 1. The second kappa shape index (κ2) is 6.04. The van der Waals surface area contributed by atoms with E-state index in [0.717, 1.165) is 9.64 Å². The second-order valence-electron chi connectivity index (χ2n) is 4.04. The molecule has 0 aromatic heterocycles. The van der Waals surface area contributed by atoms with Crippen LogP contribution in [0.25, 0.3) is 0 Å². The van der Waals surface area contributed by atoms with Gasteiger partial charge in [0.25, 0.3) is 5.69 Å². The highest BCUT2D eigenvalue weighted by atomic mass is 127. The third-order valence-corrected chi connectivity index (χ3v) is 3.35. The van der Waals surface area contributed by atoms with Crippen molar-refractivity contribution < 1.29 is 19.2 Å². The van der Waals surface area contributed by atoms with Crippen molar-refractivity contribution >= 4 is 45.6 Å². The van der Waals surface area contributed by atoms with Crippen molar-refractivity contribution in [2.75, 3.05) is 5.32 Å². The largest absolute Gasteiger partial charge is 0.477 e. The standard InChI is InChI=1S/C13H8FIN2O4/c14-10-6-12(17(20)21)9(13(18)19)5-11(10)16-8-3-1-7(15)2-4-8/h1-6,16H,(H,18,19). The lowest BCUT2D eigenvalue weighted by molar-refractivity contribution is -0.385. The maximum absolute atomic E-state index is 13.9. The van der Waals surface area contributed by atoms with Gasteiger partial charge in [-0.15, -0.1) is 0 Å². The fraction of sp³-hybridized carbons (Fsp3) is 0. The first-order chi connectivity index (χ1) is 9.88. The van der Waals surface area contributed by atoms with Crippen molar-refractivity contribution in [1.29, 1.82) is 0 Å². The molecule has 21 heavy (non-hydrogen) atoms. The zero-order valence-electron chi connectivity index (χ0n) is 10.3. The van der Waals surface area contributed by atoms with E-state index in [1.54, 1.807) is 24.3 Å². The quantitative estimate of drug-likeness (QED) is 0.462. The van der Waals surface area contributed by atoms with Crippen LogP contribution >= 0.6 is 22.6 Å². The molecule has 0 saturated carbocycles. The van der Waals surface area contributed by atoms with Crippen molar-refractivity contribution in [3.05, 3.63) is 61.5 Å². The predicted octanol–water partition coefficient (Wildman–Crippen LogP) is 3.78. The summed E-state index contributed by atoms with van der Waals surface area (Å²) in [5.41, 5.74) is -0.957. The van der Waals surface area contributed by atoms with Gasteiger partial charge in [-0.3, -0.25) is 10.1 Å². The number of nitro groups is 1. The molecular formula is C13H8FIN2O4. The lowest BCUT2D eigenvalue weighted by Gasteiger charge is -2.09. The Morgan fingerprint density at radius 2 is 1.90 bits per heavy atom. The Morgan fingerprint density at radius 1 is 1.29 bits per heavy atom. The van der Waals surface area contributed by atoms with Crippen LogP contribution in [-0.2, 0) is 0 Å². The molecule has 0 heterocycles. The highest BCUT2D eigenvalue weighted by Crippen LogP contribution is 2.28. The van der Waals surface area contributed by atoms with E-state index in [4.69, 9.17) is 5.11 Å². The number of hydrogen-bond donors (Lipinski definition) is 2. The van der Waals surface area contributed by atoms with Gasteiger partial charge in [-0.1, -0.05) is 0 Å². The minimum Gasteiger partial charge on any atom is -0.477 e. The van der Waals surface area contributed by atoms with Crippen LogP contribution < -0.4 is 5.32 Å². The van der Waals surface area contributed by atoms with Gasteiger partial charge in [0.1, 0.15) is 5.56 Å². The monoisotopic (exact) mass is 402 g/mol. The van der Waals surface area contributed by atoms with Crippen molar-refractivity contribution in [2.24, 2.45) is 0 Å². The SMILES string of the molecule is O=C(O)c1cc(Nc2ccc(I)cc2)c(F)cc1[N+](=O)[O-]. The van der Waals surface area contributed by atoms with Gasteiger partial charge in [0.2, 0.25) is 0 Å². The molecule has 0 aliphatic heterocycles. The number of carboxylic acids is 1. The van der Waals surface area contributed by atoms with Crippen LogP contribution in [0, 0.1) is 19.5 Å². The Bertz CT molecular complexity index is 719. The smallest absolute Gasteiger partial charge is 0.342 e. The van der Waals surface area contributed by atoms with E-state index in [1.807, 2.05) is 0 Å². The molecule has 6 nitrogen and oxygen atoms in total. The van der Waals surface area contributed by atoms with Crippen LogP contribution in [0.4, 0.5) is 21.5 Å². The van der Waals surface area contributed by atoms with E-state index in [0.29, 0.717) is 11.8 Å².